The second-order valence-electron chi connectivity index (χ2n) is 4.08. The molecule has 0 aromatic carbocycles. The first kappa shape index (κ1) is 6.86. The van der Waals surface area contributed by atoms with Crippen LogP contribution in [0.15, 0.2) is 0 Å². The number of esters is 1. The molecule has 3 rings (SSSR count). The van der Waals surface area contributed by atoms with Gasteiger partial charge in [0.2, 0.25) is 0 Å². The number of hydrogen-bond donors (Lipinski definition) is 1. The van der Waals surface area contributed by atoms with Crippen LogP contribution in [0.4, 0.5) is 0 Å². The van der Waals surface area contributed by atoms with Gasteiger partial charge in [0.15, 0.2) is 6.10 Å². The Morgan fingerprint density at radius 2 is 2.42 bits per heavy atom. The van der Waals surface area contributed by atoms with Gasteiger partial charge in [-0.15, -0.1) is 0 Å². The first-order chi connectivity index (χ1) is 5.63. The Morgan fingerprint density at radius 3 is 3.00 bits per heavy atom. The summed E-state index contributed by atoms with van der Waals surface area (Å²) in [4.78, 5) is 11.3. The minimum atomic E-state index is -0.602. The predicted molar refractivity (Wildman–Crippen MR) is 37.3 cm³/mol. The number of carbonyl (C=O) groups excluding carboxylic acids is 1. The van der Waals surface area contributed by atoms with Crippen molar-refractivity contribution in [2.24, 2.45) is 5.41 Å². The van der Waals surface area contributed by atoms with Crippen LogP contribution in [0.3, 0.4) is 0 Å². The van der Waals surface area contributed by atoms with Crippen LogP contribution in [0, 0.1) is 5.41 Å². The van der Waals surface area contributed by atoms with Gasteiger partial charge in [-0.05, 0) is 13.3 Å². The molecule has 66 valence electrons. The number of carbonyl (C=O) groups is 1. The molecule has 2 bridgehead atoms. The van der Waals surface area contributed by atoms with E-state index in [9.17, 15) is 9.90 Å². The van der Waals surface area contributed by atoms with Crippen molar-refractivity contribution in [2.45, 2.75) is 37.8 Å². The van der Waals surface area contributed by atoms with E-state index in [-0.39, 0.29) is 18.2 Å². The van der Waals surface area contributed by atoms with E-state index < -0.39 is 17.6 Å². The van der Waals surface area contributed by atoms with Crippen LogP contribution >= 0.6 is 0 Å². The summed E-state index contributed by atoms with van der Waals surface area (Å²) in [5, 5.41) is 9.54. The summed E-state index contributed by atoms with van der Waals surface area (Å²) in [6.45, 7) is 1.85. The van der Waals surface area contributed by atoms with Crippen molar-refractivity contribution in [1.29, 1.82) is 0 Å². The van der Waals surface area contributed by atoms with Crippen molar-refractivity contribution >= 4 is 5.97 Å². The SMILES string of the molecule is CC12CC3OC1C(OC2=O)C3O. The van der Waals surface area contributed by atoms with Crippen LogP contribution in [0.25, 0.3) is 0 Å². The van der Waals surface area contributed by atoms with Gasteiger partial charge in [0, 0.05) is 0 Å². The Hall–Kier alpha value is -0.610. The highest BCUT2D eigenvalue weighted by Gasteiger charge is 2.69. The molecule has 3 heterocycles. The molecule has 0 amide bonds. The lowest BCUT2D eigenvalue weighted by Gasteiger charge is -2.22. The molecule has 0 saturated carbocycles. The van der Waals surface area contributed by atoms with Crippen molar-refractivity contribution in [3.8, 4) is 0 Å². The molecule has 12 heavy (non-hydrogen) atoms. The van der Waals surface area contributed by atoms with E-state index in [1.807, 2.05) is 6.92 Å². The topological polar surface area (TPSA) is 55.8 Å². The van der Waals surface area contributed by atoms with Crippen LogP contribution in [0.2, 0.25) is 0 Å². The second kappa shape index (κ2) is 1.67. The van der Waals surface area contributed by atoms with Crippen molar-refractivity contribution in [3.05, 3.63) is 0 Å². The van der Waals surface area contributed by atoms with Gasteiger partial charge in [-0.1, -0.05) is 0 Å². The molecular weight excluding hydrogens is 160 g/mol. The van der Waals surface area contributed by atoms with E-state index in [2.05, 4.69) is 0 Å². The van der Waals surface area contributed by atoms with Gasteiger partial charge < -0.3 is 14.6 Å². The third-order valence-electron chi connectivity index (χ3n) is 3.30. The largest absolute Gasteiger partial charge is 0.456 e. The molecule has 0 radical (unpaired) electrons. The minimum absolute atomic E-state index is 0.184. The summed E-state index contributed by atoms with van der Waals surface area (Å²) in [6, 6.07) is 0. The molecule has 1 N–H and O–H groups in total. The maximum atomic E-state index is 11.3. The van der Waals surface area contributed by atoms with Gasteiger partial charge in [0.1, 0.15) is 12.2 Å². The first-order valence-corrected chi connectivity index (χ1v) is 4.17. The van der Waals surface area contributed by atoms with Crippen molar-refractivity contribution in [3.63, 3.8) is 0 Å². The van der Waals surface area contributed by atoms with Gasteiger partial charge >= 0.3 is 5.97 Å². The summed E-state index contributed by atoms with van der Waals surface area (Å²) in [5.74, 6) is -0.212. The Balaban J connectivity index is 2.09. The van der Waals surface area contributed by atoms with Gasteiger partial charge in [-0.2, -0.15) is 0 Å². The van der Waals surface area contributed by atoms with E-state index in [0.29, 0.717) is 6.42 Å². The highest BCUT2D eigenvalue weighted by molar-refractivity contribution is 5.81. The van der Waals surface area contributed by atoms with E-state index in [1.54, 1.807) is 0 Å². The fraction of sp³-hybridized carbons (Fsp3) is 0.875. The van der Waals surface area contributed by atoms with Crippen LogP contribution < -0.4 is 0 Å². The Kier molecular flexibility index (Phi) is 0.957. The standard InChI is InChI=1S/C8H10O4/c1-8-2-3-4(9)5(6(8)11-3)12-7(8)10/h3-6,9H,2H2,1H3. The Morgan fingerprint density at radius 1 is 1.67 bits per heavy atom. The lowest BCUT2D eigenvalue weighted by atomic mass is 9.76. The zero-order valence-corrected chi connectivity index (χ0v) is 6.69. The number of ether oxygens (including phenoxy) is 2. The molecule has 3 fully saturated rings. The summed E-state index contributed by atoms with van der Waals surface area (Å²) < 4.78 is 10.5. The molecule has 3 saturated heterocycles. The lowest BCUT2D eigenvalue weighted by Crippen LogP contribution is -2.41. The molecule has 5 unspecified atom stereocenters. The molecule has 5 atom stereocenters. The fourth-order valence-corrected chi connectivity index (χ4v) is 2.54. The highest BCUT2D eigenvalue weighted by atomic mass is 16.6. The maximum absolute atomic E-state index is 11.3. The van der Waals surface area contributed by atoms with Gasteiger partial charge in [-0.25, -0.2) is 0 Å². The molecule has 4 nitrogen and oxygen atoms in total. The number of fused-ring (bicyclic) bond motifs is 1. The molecule has 3 aliphatic heterocycles. The zero-order valence-electron chi connectivity index (χ0n) is 6.69. The highest BCUT2D eigenvalue weighted by Crippen LogP contribution is 2.53. The quantitative estimate of drug-likeness (QED) is 0.495. The summed E-state index contributed by atoms with van der Waals surface area (Å²) >= 11 is 0. The van der Waals surface area contributed by atoms with Crippen LogP contribution in [0.5, 0.6) is 0 Å². The molecule has 4 heteroatoms. The fourth-order valence-electron chi connectivity index (χ4n) is 2.54. The lowest BCUT2D eigenvalue weighted by molar-refractivity contribution is -0.148. The summed E-state index contributed by atoms with van der Waals surface area (Å²) in [5.41, 5.74) is -0.478. The van der Waals surface area contributed by atoms with Crippen molar-refractivity contribution in [1.82, 2.24) is 0 Å². The number of rotatable bonds is 0. The third-order valence-corrected chi connectivity index (χ3v) is 3.30. The molecule has 0 aliphatic carbocycles. The van der Waals surface area contributed by atoms with E-state index in [1.165, 1.54) is 0 Å². The van der Waals surface area contributed by atoms with Gasteiger partial charge in [0.05, 0.1) is 11.5 Å². The van der Waals surface area contributed by atoms with Crippen molar-refractivity contribution < 1.29 is 19.4 Å². The number of hydrogen-bond acceptors (Lipinski definition) is 4. The van der Waals surface area contributed by atoms with E-state index in [4.69, 9.17) is 9.47 Å². The summed E-state index contributed by atoms with van der Waals surface area (Å²) in [7, 11) is 0. The van der Waals surface area contributed by atoms with E-state index in [0.717, 1.165) is 0 Å². The molecule has 0 aromatic rings. The predicted octanol–water partition coefficient (Wildman–Crippen LogP) is -0.550. The van der Waals surface area contributed by atoms with E-state index >= 15 is 0 Å². The average Bonchev–Trinajstić information content (AvgIpc) is 2.53. The second-order valence-corrected chi connectivity index (χ2v) is 4.08. The Labute approximate surface area is 69.5 Å². The molecule has 0 spiro atoms. The molecule has 0 aromatic heterocycles. The summed E-state index contributed by atoms with van der Waals surface area (Å²) in [6.07, 6.45) is -0.786. The minimum Gasteiger partial charge on any atom is -0.456 e. The maximum Gasteiger partial charge on any atom is 0.315 e. The van der Waals surface area contributed by atoms with Crippen LogP contribution in [-0.2, 0) is 14.3 Å². The molecular formula is C8H10O4. The third kappa shape index (κ3) is 0.499. The number of aliphatic hydroxyl groups excluding tert-OH is 1. The normalized spacial score (nSPS) is 61.0. The van der Waals surface area contributed by atoms with Gasteiger partial charge in [0.25, 0.3) is 0 Å². The van der Waals surface area contributed by atoms with Crippen LogP contribution in [-0.4, -0.2) is 35.5 Å². The monoisotopic (exact) mass is 170 g/mol. The average molecular weight is 170 g/mol. The van der Waals surface area contributed by atoms with Crippen LogP contribution in [0.1, 0.15) is 13.3 Å². The number of aliphatic hydroxyl groups is 1. The first-order valence-electron chi connectivity index (χ1n) is 4.17. The smallest absolute Gasteiger partial charge is 0.315 e. The van der Waals surface area contributed by atoms with Crippen molar-refractivity contribution in [2.75, 3.05) is 0 Å². The molecule has 3 aliphatic rings. The Bertz CT molecular complexity index is 264. The zero-order chi connectivity index (χ0) is 8.51. The van der Waals surface area contributed by atoms with Gasteiger partial charge in [-0.3, -0.25) is 4.79 Å².